The van der Waals surface area contributed by atoms with Gasteiger partial charge in [0.1, 0.15) is 0 Å². The van der Waals surface area contributed by atoms with Crippen molar-refractivity contribution < 1.29 is 4.79 Å². The fraction of sp³-hybridized carbons (Fsp3) is 0.500. The fourth-order valence-electron chi connectivity index (χ4n) is 5.98. The molecule has 2 aromatic carbocycles. The molecule has 158 valence electrons. The second-order valence-electron chi connectivity index (χ2n) is 9.48. The van der Waals surface area contributed by atoms with Crippen LogP contribution in [0, 0.1) is 5.92 Å². The predicted molar refractivity (Wildman–Crippen MR) is 123 cm³/mol. The monoisotopic (exact) mass is 422 g/mol. The van der Waals surface area contributed by atoms with Crippen molar-refractivity contribution in [3.05, 3.63) is 64.7 Å². The first-order chi connectivity index (χ1) is 14.6. The van der Waals surface area contributed by atoms with E-state index in [0.29, 0.717) is 10.6 Å². The van der Waals surface area contributed by atoms with Gasteiger partial charge in [0.25, 0.3) is 5.91 Å². The van der Waals surface area contributed by atoms with Gasteiger partial charge in [-0.05, 0) is 80.5 Å². The lowest BCUT2D eigenvalue weighted by molar-refractivity contribution is 0.0869. The van der Waals surface area contributed by atoms with Gasteiger partial charge in [-0.25, -0.2) is 0 Å². The Bertz CT molecular complexity index is 906. The standard InChI is InChI=1S/C26H31ClN2O/c27-23-13-11-21(12-14-23)25(30)29-19-26(17-22-9-4-5-10-24(22)29)15-6-16-28(26)18-20-7-2-1-3-8-20/h4-5,9-14,20H,1-3,6-8,15-19H2. The molecule has 0 N–H and O–H groups in total. The molecular formula is C26H31ClN2O. The number of likely N-dealkylation sites (tertiary alicyclic amines) is 1. The summed E-state index contributed by atoms with van der Waals surface area (Å²) in [6, 6.07) is 15.8. The molecule has 2 fully saturated rings. The van der Waals surface area contributed by atoms with E-state index in [9.17, 15) is 4.79 Å². The zero-order valence-corrected chi connectivity index (χ0v) is 18.4. The average molecular weight is 423 g/mol. The molecule has 2 aromatic rings. The molecule has 2 heterocycles. The number of para-hydroxylation sites is 1. The summed E-state index contributed by atoms with van der Waals surface area (Å²) in [6.45, 7) is 3.16. The molecule has 4 heteroatoms. The number of carbonyl (C=O) groups is 1. The third kappa shape index (κ3) is 3.78. The van der Waals surface area contributed by atoms with E-state index in [2.05, 4.69) is 23.1 Å². The number of carbonyl (C=O) groups excluding carboxylic acids is 1. The molecule has 0 bridgehead atoms. The highest BCUT2D eigenvalue weighted by Gasteiger charge is 2.47. The van der Waals surface area contributed by atoms with E-state index in [0.717, 1.165) is 24.6 Å². The van der Waals surface area contributed by atoms with Crippen LogP contribution in [0.5, 0.6) is 0 Å². The molecule has 3 aliphatic rings. The summed E-state index contributed by atoms with van der Waals surface area (Å²) in [5, 5.41) is 0.663. The summed E-state index contributed by atoms with van der Waals surface area (Å²) in [5.74, 6) is 0.911. The van der Waals surface area contributed by atoms with Crippen LogP contribution in [0.15, 0.2) is 48.5 Å². The van der Waals surface area contributed by atoms with E-state index in [-0.39, 0.29) is 11.4 Å². The average Bonchev–Trinajstić information content (AvgIpc) is 3.15. The van der Waals surface area contributed by atoms with Gasteiger partial charge < -0.3 is 4.90 Å². The lowest BCUT2D eigenvalue weighted by Gasteiger charge is -2.47. The van der Waals surface area contributed by atoms with Crippen molar-refractivity contribution in [3.63, 3.8) is 0 Å². The molecule has 0 radical (unpaired) electrons. The molecule has 3 nitrogen and oxygen atoms in total. The van der Waals surface area contributed by atoms with Crippen molar-refractivity contribution >= 4 is 23.2 Å². The smallest absolute Gasteiger partial charge is 0.258 e. The number of amides is 1. The van der Waals surface area contributed by atoms with E-state index in [1.807, 2.05) is 35.2 Å². The normalized spacial score (nSPS) is 24.9. The summed E-state index contributed by atoms with van der Waals surface area (Å²) in [4.78, 5) is 18.4. The number of halogens is 1. The van der Waals surface area contributed by atoms with Crippen LogP contribution in [0.3, 0.4) is 0 Å². The van der Waals surface area contributed by atoms with E-state index in [1.165, 1.54) is 63.6 Å². The Kier molecular flexibility index (Phi) is 5.59. The molecule has 1 atom stereocenters. The van der Waals surface area contributed by atoms with Gasteiger partial charge in [-0.2, -0.15) is 0 Å². The summed E-state index contributed by atoms with van der Waals surface area (Å²) in [6.07, 6.45) is 10.4. The molecule has 0 aromatic heterocycles. The fourth-order valence-corrected chi connectivity index (χ4v) is 6.11. The number of fused-ring (bicyclic) bond motifs is 1. The van der Waals surface area contributed by atoms with E-state index in [1.54, 1.807) is 0 Å². The first-order valence-electron chi connectivity index (χ1n) is 11.6. The van der Waals surface area contributed by atoms with E-state index >= 15 is 0 Å². The Morgan fingerprint density at radius 1 is 1.00 bits per heavy atom. The maximum absolute atomic E-state index is 13.6. The first kappa shape index (κ1) is 20.1. The Labute approximate surface area is 185 Å². The van der Waals surface area contributed by atoms with Crippen molar-refractivity contribution in [2.75, 3.05) is 24.5 Å². The number of rotatable bonds is 3. The van der Waals surface area contributed by atoms with Gasteiger partial charge in [0, 0.05) is 34.9 Å². The number of benzene rings is 2. The molecule has 1 aliphatic carbocycles. The van der Waals surface area contributed by atoms with Crippen molar-refractivity contribution in [1.82, 2.24) is 4.90 Å². The largest absolute Gasteiger partial charge is 0.306 e. The second-order valence-corrected chi connectivity index (χ2v) is 9.92. The van der Waals surface area contributed by atoms with Crippen LogP contribution in [-0.2, 0) is 6.42 Å². The topological polar surface area (TPSA) is 23.6 Å². The molecule has 1 saturated heterocycles. The van der Waals surface area contributed by atoms with Crippen molar-refractivity contribution in [3.8, 4) is 0 Å². The maximum Gasteiger partial charge on any atom is 0.258 e. The van der Waals surface area contributed by atoms with Crippen LogP contribution < -0.4 is 4.90 Å². The highest BCUT2D eigenvalue weighted by molar-refractivity contribution is 6.30. The zero-order chi connectivity index (χ0) is 20.6. The molecule has 1 spiro atoms. The predicted octanol–water partition coefficient (Wildman–Crippen LogP) is 5.96. The van der Waals surface area contributed by atoms with Crippen molar-refractivity contribution in [1.29, 1.82) is 0 Å². The molecule has 30 heavy (non-hydrogen) atoms. The second kappa shape index (κ2) is 8.36. The van der Waals surface area contributed by atoms with Crippen LogP contribution in [0.2, 0.25) is 5.02 Å². The number of hydrogen-bond donors (Lipinski definition) is 0. The van der Waals surface area contributed by atoms with Gasteiger partial charge in [-0.1, -0.05) is 49.1 Å². The summed E-state index contributed by atoms with van der Waals surface area (Å²) in [5.41, 5.74) is 3.17. The third-order valence-corrected chi connectivity index (χ3v) is 7.79. The van der Waals surface area contributed by atoms with E-state index in [4.69, 9.17) is 11.6 Å². The lowest BCUT2D eigenvalue weighted by Crippen LogP contribution is -2.58. The lowest BCUT2D eigenvalue weighted by atomic mass is 9.81. The highest BCUT2D eigenvalue weighted by Crippen LogP contribution is 2.42. The van der Waals surface area contributed by atoms with Gasteiger partial charge >= 0.3 is 0 Å². The first-order valence-corrected chi connectivity index (χ1v) is 11.9. The third-order valence-electron chi connectivity index (χ3n) is 7.53. The quantitative estimate of drug-likeness (QED) is 0.609. The zero-order valence-electron chi connectivity index (χ0n) is 17.7. The Morgan fingerprint density at radius 2 is 1.77 bits per heavy atom. The van der Waals surface area contributed by atoms with Crippen LogP contribution >= 0.6 is 11.6 Å². The minimum absolute atomic E-state index is 0.0773. The van der Waals surface area contributed by atoms with Gasteiger partial charge in [-0.3, -0.25) is 9.69 Å². The molecule has 1 unspecified atom stereocenters. The SMILES string of the molecule is O=C(c1ccc(Cl)cc1)N1CC2(CCCN2CC2CCCCC2)Cc2ccccc21. The van der Waals surface area contributed by atoms with E-state index < -0.39 is 0 Å². The van der Waals surface area contributed by atoms with Crippen LogP contribution in [0.1, 0.15) is 60.9 Å². The Balaban J connectivity index is 1.46. The molecule has 2 aliphatic heterocycles. The Morgan fingerprint density at radius 3 is 2.57 bits per heavy atom. The molecule has 1 saturated carbocycles. The van der Waals surface area contributed by atoms with Crippen molar-refractivity contribution in [2.24, 2.45) is 5.92 Å². The molecular weight excluding hydrogens is 392 g/mol. The van der Waals surface area contributed by atoms with Crippen LogP contribution in [0.4, 0.5) is 5.69 Å². The number of hydrogen-bond acceptors (Lipinski definition) is 2. The number of nitrogens with zero attached hydrogens (tertiary/aromatic N) is 2. The number of anilines is 1. The van der Waals surface area contributed by atoms with Gasteiger partial charge in [0.05, 0.1) is 0 Å². The summed E-state index contributed by atoms with van der Waals surface area (Å²) in [7, 11) is 0. The Hall–Kier alpha value is -1.84. The van der Waals surface area contributed by atoms with Gasteiger partial charge in [0.15, 0.2) is 0 Å². The highest BCUT2D eigenvalue weighted by atomic mass is 35.5. The summed E-state index contributed by atoms with van der Waals surface area (Å²) < 4.78 is 0. The summed E-state index contributed by atoms with van der Waals surface area (Å²) >= 11 is 6.06. The molecule has 5 rings (SSSR count). The van der Waals surface area contributed by atoms with Crippen LogP contribution in [-0.4, -0.2) is 36.0 Å². The van der Waals surface area contributed by atoms with Gasteiger partial charge in [-0.15, -0.1) is 0 Å². The van der Waals surface area contributed by atoms with Crippen molar-refractivity contribution in [2.45, 2.75) is 56.9 Å². The van der Waals surface area contributed by atoms with Gasteiger partial charge in [0.2, 0.25) is 0 Å². The minimum atomic E-state index is 0.0773. The van der Waals surface area contributed by atoms with Crippen LogP contribution in [0.25, 0.3) is 0 Å². The minimum Gasteiger partial charge on any atom is -0.306 e. The molecule has 1 amide bonds. The maximum atomic E-state index is 13.6.